The highest BCUT2D eigenvalue weighted by molar-refractivity contribution is 5.97. The number of primary amides is 1. The molecule has 0 unspecified atom stereocenters. The van der Waals surface area contributed by atoms with Gasteiger partial charge in [0.2, 0.25) is 5.89 Å². The summed E-state index contributed by atoms with van der Waals surface area (Å²) >= 11 is 0. The molecule has 3 rings (SSSR count). The van der Waals surface area contributed by atoms with Crippen LogP contribution in [0, 0.1) is 5.82 Å². The minimum atomic E-state index is -0.748. The first kappa shape index (κ1) is 14.8. The highest BCUT2D eigenvalue weighted by Gasteiger charge is 2.21. The van der Waals surface area contributed by atoms with Crippen molar-refractivity contribution < 1.29 is 18.3 Å². The van der Waals surface area contributed by atoms with Gasteiger partial charge in [-0.25, -0.2) is 9.37 Å². The second-order valence-electron chi connectivity index (χ2n) is 4.77. The quantitative estimate of drug-likeness (QED) is 0.802. The molecule has 0 bridgehead atoms. The first-order chi connectivity index (χ1) is 11.1. The SMILES string of the molecule is COc1ccc(-c2oc(-c3ccccc3F)nc2C(N)=O)cc1. The Morgan fingerprint density at radius 2 is 1.87 bits per heavy atom. The van der Waals surface area contributed by atoms with Crippen LogP contribution in [0.15, 0.2) is 52.9 Å². The van der Waals surface area contributed by atoms with Crippen LogP contribution < -0.4 is 10.5 Å². The fraction of sp³-hybridized carbons (Fsp3) is 0.0588. The molecule has 0 spiro atoms. The lowest BCUT2D eigenvalue weighted by Gasteiger charge is -2.01. The van der Waals surface area contributed by atoms with Crippen molar-refractivity contribution in [3.8, 4) is 28.5 Å². The standard InChI is InChI=1S/C17H13FN2O3/c1-22-11-8-6-10(7-9-11)15-14(16(19)21)20-17(23-15)12-4-2-3-5-13(12)18/h2-9H,1H3,(H2,19,21). The highest BCUT2D eigenvalue weighted by Crippen LogP contribution is 2.31. The van der Waals surface area contributed by atoms with Crippen LogP contribution in [0.25, 0.3) is 22.8 Å². The average molecular weight is 312 g/mol. The van der Waals surface area contributed by atoms with Gasteiger partial charge in [0.15, 0.2) is 11.5 Å². The molecular formula is C17H13FN2O3. The second-order valence-corrected chi connectivity index (χ2v) is 4.77. The number of amides is 1. The molecule has 1 amide bonds. The van der Waals surface area contributed by atoms with Crippen molar-refractivity contribution in [2.75, 3.05) is 7.11 Å². The van der Waals surface area contributed by atoms with Gasteiger partial charge in [-0.05, 0) is 36.4 Å². The predicted octanol–water partition coefficient (Wildman–Crippen LogP) is 3.26. The molecule has 0 radical (unpaired) electrons. The lowest BCUT2D eigenvalue weighted by atomic mass is 10.1. The summed E-state index contributed by atoms with van der Waals surface area (Å²) in [5.41, 5.74) is 6.06. The summed E-state index contributed by atoms with van der Waals surface area (Å²) in [7, 11) is 1.55. The van der Waals surface area contributed by atoms with Crippen molar-refractivity contribution in [3.63, 3.8) is 0 Å². The lowest BCUT2D eigenvalue weighted by Crippen LogP contribution is -2.12. The van der Waals surface area contributed by atoms with E-state index >= 15 is 0 Å². The number of oxazole rings is 1. The molecule has 23 heavy (non-hydrogen) atoms. The number of aromatic nitrogens is 1. The zero-order valence-electron chi connectivity index (χ0n) is 12.2. The number of hydrogen-bond donors (Lipinski definition) is 1. The normalized spacial score (nSPS) is 10.5. The van der Waals surface area contributed by atoms with Crippen molar-refractivity contribution >= 4 is 5.91 Å². The summed E-state index contributed by atoms with van der Waals surface area (Å²) < 4.78 is 24.6. The Kier molecular flexibility index (Phi) is 3.80. The first-order valence-electron chi connectivity index (χ1n) is 6.80. The van der Waals surface area contributed by atoms with Gasteiger partial charge in [0.25, 0.3) is 5.91 Å². The Labute approximate surface area is 131 Å². The van der Waals surface area contributed by atoms with Crippen LogP contribution in [0.3, 0.4) is 0 Å². The Morgan fingerprint density at radius 3 is 2.48 bits per heavy atom. The van der Waals surface area contributed by atoms with Gasteiger partial charge in [-0.1, -0.05) is 12.1 Å². The highest BCUT2D eigenvalue weighted by atomic mass is 19.1. The van der Waals surface area contributed by atoms with Crippen molar-refractivity contribution in [2.24, 2.45) is 5.73 Å². The minimum Gasteiger partial charge on any atom is -0.497 e. The van der Waals surface area contributed by atoms with Crippen LogP contribution >= 0.6 is 0 Å². The molecule has 0 aliphatic rings. The maximum atomic E-state index is 13.9. The molecule has 0 atom stereocenters. The van der Waals surface area contributed by atoms with Crippen LogP contribution in [0.1, 0.15) is 10.5 Å². The van der Waals surface area contributed by atoms with Gasteiger partial charge in [-0.2, -0.15) is 0 Å². The summed E-state index contributed by atoms with van der Waals surface area (Å²) in [6.45, 7) is 0. The number of ether oxygens (including phenoxy) is 1. The van der Waals surface area contributed by atoms with Crippen LogP contribution in [0.5, 0.6) is 5.75 Å². The maximum absolute atomic E-state index is 13.9. The molecule has 116 valence electrons. The molecular weight excluding hydrogens is 299 g/mol. The number of rotatable bonds is 4. The third kappa shape index (κ3) is 2.78. The van der Waals surface area contributed by atoms with E-state index in [0.717, 1.165) is 0 Å². The fourth-order valence-corrected chi connectivity index (χ4v) is 2.18. The number of halogens is 1. The number of carbonyl (C=O) groups excluding carboxylic acids is 1. The minimum absolute atomic E-state index is 0.00252. The fourth-order valence-electron chi connectivity index (χ4n) is 2.18. The first-order valence-corrected chi connectivity index (χ1v) is 6.80. The monoisotopic (exact) mass is 312 g/mol. The van der Waals surface area contributed by atoms with Gasteiger partial charge in [0, 0.05) is 5.56 Å². The Hall–Kier alpha value is -3.15. The third-order valence-corrected chi connectivity index (χ3v) is 3.32. The molecule has 2 N–H and O–H groups in total. The lowest BCUT2D eigenvalue weighted by molar-refractivity contribution is 0.0996. The number of methoxy groups -OCH3 is 1. The van der Waals surface area contributed by atoms with Gasteiger partial charge in [-0.15, -0.1) is 0 Å². The zero-order valence-corrected chi connectivity index (χ0v) is 12.2. The summed E-state index contributed by atoms with van der Waals surface area (Å²) in [6.07, 6.45) is 0. The van der Waals surface area contributed by atoms with Crippen molar-refractivity contribution in [1.29, 1.82) is 0 Å². The molecule has 0 saturated carbocycles. The molecule has 1 heterocycles. The number of benzene rings is 2. The Balaban J connectivity index is 2.13. The third-order valence-electron chi connectivity index (χ3n) is 3.32. The van der Waals surface area contributed by atoms with Crippen molar-refractivity contribution in [1.82, 2.24) is 4.98 Å². The van der Waals surface area contributed by atoms with E-state index < -0.39 is 11.7 Å². The summed E-state index contributed by atoms with van der Waals surface area (Å²) in [5.74, 6) is -0.391. The molecule has 0 aliphatic carbocycles. The summed E-state index contributed by atoms with van der Waals surface area (Å²) in [5, 5.41) is 0. The number of nitrogens with two attached hydrogens (primary N) is 1. The van der Waals surface area contributed by atoms with Gasteiger partial charge in [-0.3, -0.25) is 4.79 Å². The van der Waals surface area contributed by atoms with E-state index in [9.17, 15) is 9.18 Å². The van der Waals surface area contributed by atoms with E-state index in [1.54, 1.807) is 43.5 Å². The van der Waals surface area contributed by atoms with E-state index in [-0.39, 0.29) is 22.9 Å². The molecule has 6 heteroatoms. The molecule has 2 aromatic carbocycles. The molecule has 5 nitrogen and oxygen atoms in total. The largest absolute Gasteiger partial charge is 0.497 e. The van der Waals surface area contributed by atoms with Crippen molar-refractivity contribution in [3.05, 3.63) is 60.0 Å². The van der Waals surface area contributed by atoms with Crippen LogP contribution in [0.4, 0.5) is 4.39 Å². The maximum Gasteiger partial charge on any atom is 0.271 e. The van der Waals surface area contributed by atoms with Gasteiger partial charge in [0.1, 0.15) is 11.6 Å². The zero-order chi connectivity index (χ0) is 16.4. The molecule has 3 aromatic rings. The molecule has 0 fully saturated rings. The number of hydrogen-bond acceptors (Lipinski definition) is 4. The average Bonchev–Trinajstić information content (AvgIpc) is 3.01. The van der Waals surface area contributed by atoms with Gasteiger partial charge >= 0.3 is 0 Å². The summed E-state index contributed by atoms with van der Waals surface area (Å²) in [6, 6.07) is 12.9. The Morgan fingerprint density at radius 1 is 1.17 bits per heavy atom. The van der Waals surface area contributed by atoms with E-state index in [4.69, 9.17) is 14.9 Å². The second kappa shape index (κ2) is 5.92. The molecule has 0 aliphatic heterocycles. The van der Waals surface area contributed by atoms with Crippen LogP contribution in [-0.4, -0.2) is 18.0 Å². The smallest absolute Gasteiger partial charge is 0.271 e. The molecule has 0 saturated heterocycles. The number of nitrogens with zero attached hydrogens (tertiary/aromatic N) is 1. The molecule has 1 aromatic heterocycles. The number of carbonyl (C=O) groups is 1. The van der Waals surface area contributed by atoms with E-state index in [1.165, 1.54) is 12.1 Å². The van der Waals surface area contributed by atoms with E-state index in [1.807, 2.05) is 0 Å². The van der Waals surface area contributed by atoms with Gasteiger partial charge < -0.3 is 14.9 Å². The summed E-state index contributed by atoms with van der Waals surface area (Å²) in [4.78, 5) is 15.7. The van der Waals surface area contributed by atoms with Crippen LogP contribution in [0.2, 0.25) is 0 Å². The van der Waals surface area contributed by atoms with E-state index in [2.05, 4.69) is 4.98 Å². The van der Waals surface area contributed by atoms with Crippen molar-refractivity contribution in [2.45, 2.75) is 0 Å². The van der Waals surface area contributed by atoms with Crippen LogP contribution in [-0.2, 0) is 0 Å². The Bertz CT molecular complexity index is 857. The topological polar surface area (TPSA) is 78.3 Å². The van der Waals surface area contributed by atoms with E-state index in [0.29, 0.717) is 11.3 Å². The van der Waals surface area contributed by atoms with Gasteiger partial charge in [0.05, 0.1) is 12.7 Å². The predicted molar refractivity (Wildman–Crippen MR) is 82.4 cm³/mol.